The zero-order chi connectivity index (χ0) is 15.9. The molecule has 2 amide bonds. The minimum absolute atomic E-state index is 0.0972. The zero-order valence-corrected chi connectivity index (χ0v) is 13.0. The van der Waals surface area contributed by atoms with Gasteiger partial charge in [-0.1, -0.05) is 15.9 Å². The molecule has 1 aliphatic rings. The van der Waals surface area contributed by atoms with Crippen molar-refractivity contribution in [3.8, 4) is 0 Å². The number of primary amides is 1. The summed E-state index contributed by atoms with van der Waals surface area (Å²) in [6, 6.07) is 4.65. The van der Waals surface area contributed by atoms with Crippen LogP contribution >= 0.6 is 15.9 Å². The smallest absolute Gasteiger partial charge is 0.286 e. The molecule has 2 aromatic rings. The van der Waals surface area contributed by atoms with E-state index in [1.165, 1.54) is 0 Å². The lowest BCUT2D eigenvalue weighted by atomic mass is 10.1. The Morgan fingerprint density at radius 3 is 2.86 bits per heavy atom. The molecule has 7 nitrogen and oxygen atoms in total. The second-order valence-corrected chi connectivity index (χ2v) is 6.07. The number of hydrogen-bond acceptors (Lipinski definition) is 5. The maximum Gasteiger partial charge on any atom is 0.286 e. The van der Waals surface area contributed by atoms with Crippen molar-refractivity contribution in [2.24, 2.45) is 5.73 Å². The van der Waals surface area contributed by atoms with Crippen molar-refractivity contribution in [2.45, 2.75) is 18.6 Å². The first-order chi connectivity index (χ1) is 10.5. The number of furan rings is 1. The molecule has 0 saturated carbocycles. The van der Waals surface area contributed by atoms with Crippen LogP contribution in [0.5, 0.6) is 0 Å². The molecule has 5 N–H and O–H groups in total. The van der Waals surface area contributed by atoms with Crippen LogP contribution in [0.4, 0.5) is 5.69 Å². The van der Waals surface area contributed by atoms with E-state index in [9.17, 15) is 14.7 Å². The van der Waals surface area contributed by atoms with Gasteiger partial charge in [-0.05, 0) is 24.6 Å². The monoisotopic (exact) mass is 367 g/mol. The third-order valence-electron chi connectivity index (χ3n) is 3.55. The highest BCUT2D eigenvalue weighted by atomic mass is 79.9. The Hall–Kier alpha value is -1.90. The number of amides is 2. The highest BCUT2D eigenvalue weighted by Gasteiger charge is 2.30. The van der Waals surface area contributed by atoms with E-state index in [-0.39, 0.29) is 17.4 Å². The SMILES string of the molecule is NC(=O)c1oc2ccc(Br)cc2c1NC(=O)C1CC(O)CN1. The number of aliphatic hydroxyl groups excluding tert-OH is 1. The Bertz CT molecular complexity index is 758. The van der Waals surface area contributed by atoms with E-state index >= 15 is 0 Å². The number of nitrogens with two attached hydrogens (primary N) is 1. The minimum atomic E-state index is -0.762. The molecule has 0 bridgehead atoms. The Balaban J connectivity index is 1.97. The normalized spacial score (nSPS) is 21.2. The number of aliphatic hydroxyl groups is 1. The molecule has 116 valence electrons. The van der Waals surface area contributed by atoms with Gasteiger partial charge in [-0.25, -0.2) is 0 Å². The Kier molecular flexibility index (Phi) is 3.90. The largest absolute Gasteiger partial charge is 0.449 e. The second kappa shape index (κ2) is 5.71. The lowest BCUT2D eigenvalue weighted by molar-refractivity contribution is -0.117. The lowest BCUT2D eigenvalue weighted by Crippen LogP contribution is -2.35. The summed E-state index contributed by atoms with van der Waals surface area (Å²) >= 11 is 3.34. The van der Waals surface area contributed by atoms with Crippen LogP contribution in [0.25, 0.3) is 11.0 Å². The third-order valence-corrected chi connectivity index (χ3v) is 4.04. The third kappa shape index (κ3) is 2.72. The number of hydrogen-bond donors (Lipinski definition) is 4. The summed E-state index contributed by atoms with van der Waals surface area (Å²) in [5.41, 5.74) is 6.01. The van der Waals surface area contributed by atoms with Gasteiger partial charge >= 0.3 is 0 Å². The molecule has 22 heavy (non-hydrogen) atoms. The van der Waals surface area contributed by atoms with Crippen molar-refractivity contribution >= 4 is 44.4 Å². The summed E-state index contributed by atoms with van der Waals surface area (Å²) in [7, 11) is 0. The first-order valence-electron chi connectivity index (χ1n) is 6.70. The van der Waals surface area contributed by atoms with E-state index < -0.39 is 18.1 Å². The van der Waals surface area contributed by atoms with Gasteiger partial charge in [-0.3, -0.25) is 9.59 Å². The van der Waals surface area contributed by atoms with Gasteiger partial charge in [-0.2, -0.15) is 0 Å². The van der Waals surface area contributed by atoms with Crippen molar-refractivity contribution in [3.63, 3.8) is 0 Å². The van der Waals surface area contributed by atoms with Crippen LogP contribution < -0.4 is 16.4 Å². The van der Waals surface area contributed by atoms with Gasteiger partial charge < -0.3 is 25.9 Å². The Labute approximate surface area is 134 Å². The number of carbonyl (C=O) groups excluding carboxylic acids is 2. The molecule has 2 heterocycles. The van der Waals surface area contributed by atoms with E-state index in [1.807, 2.05) is 0 Å². The van der Waals surface area contributed by atoms with Gasteiger partial charge in [0.1, 0.15) is 11.3 Å². The first-order valence-corrected chi connectivity index (χ1v) is 7.49. The summed E-state index contributed by atoms with van der Waals surface area (Å²) in [6.45, 7) is 0.360. The standard InChI is InChI=1S/C14H14BrN3O4/c15-6-1-2-10-8(3-6)11(12(22-10)13(16)20)18-14(21)9-4-7(19)5-17-9/h1-3,7,9,17,19H,4-5H2,(H2,16,20)(H,18,21). The van der Waals surface area contributed by atoms with Gasteiger partial charge in [0.2, 0.25) is 11.7 Å². The predicted molar refractivity (Wildman–Crippen MR) is 83.5 cm³/mol. The maximum atomic E-state index is 12.3. The van der Waals surface area contributed by atoms with E-state index in [2.05, 4.69) is 26.6 Å². The highest BCUT2D eigenvalue weighted by Crippen LogP contribution is 2.33. The fraction of sp³-hybridized carbons (Fsp3) is 0.286. The van der Waals surface area contributed by atoms with Gasteiger partial charge in [-0.15, -0.1) is 0 Å². The van der Waals surface area contributed by atoms with Crippen molar-refractivity contribution in [1.82, 2.24) is 5.32 Å². The van der Waals surface area contributed by atoms with Crippen LogP contribution in [0, 0.1) is 0 Å². The molecular formula is C14H14BrN3O4. The molecule has 0 spiro atoms. The molecule has 0 radical (unpaired) electrons. The molecule has 8 heteroatoms. The van der Waals surface area contributed by atoms with E-state index in [0.29, 0.717) is 23.9 Å². The van der Waals surface area contributed by atoms with E-state index in [0.717, 1.165) is 4.47 Å². The van der Waals surface area contributed by atoms with Gasteiger partial charge in [0.25, 0.3) is 5.91 Å². The van der Waals surface area contributed by atoms with Gasteiger partial charge in [0, 0.05) is 16.4 Å². The molecule has 1 aliphatic heterocycles. The summed E-state index contributed by atoms with van der Waals surface area (Å²) < 4.78 is 6.20. The number of carbonyl (C=O) groups is 2. The van der Waals surface area contributed by atoms with Gasteiger partial charge in [0.05, 0.1) is 12.1 Å². The number of fused-ring (bicyclic) bond motifs is 1. The minimum Gasteiger partial charge on any atom is -0.449 e. The number of β-amino-alcohol motifs (C(OH)–C–C–N with tert-alkyl or cyclic N) is 1. The number of anilines is 1. The molecule has 0 aliphatic carbocycles. The first kappa shape index (κ1) is 15.0. The molecule has 2 atom stereocenters. The van der Waals surface area contributed by atoms with Crippen LogP contribution in [0.3, 0.4) is 0 Å². The van der Waals surface area contributed by atoms with Crippen molar-refractivity contribution in [2.75, 3.05) is 11.9 Å². The van der Waals surface area contributed by atoms with Crippen molar-refractivity contribution in [1.29, 1.82) is 0 Å². The average Bonchev–Trinajstić information content (AvgIpc) is 3.03. The van der Waals surface area contributed by atoms with Gasteiger partial charge in [0.15, 0.2) is 0 Å². The van der Waals surface area contributed by atoms with Crippen LogP contribution in [-0.2, 0) is 4.79 Å². The second-order valence-electron chi connectivity index (χ2n) is 5.15. The molecule has 1 aromatic heterocycles. The fourth-order valence-electron chi connectivity index (χ4n) is 2.49. The molecule has 3 rings (SSSR count). The van der Waals surface area contributed by atoms with Crippen LogP contribution in [0.1, 0.15) is 17.0 Å². The van der Waals surface area contributed by atoms with E-state index in [4.69, 9.17) is 10.2 Å². The Morgan fingerprint density at radius 2 is 2.23 bits per heavy atom. The van der Waals surface area contributed by atoms with Crippen LogP contribution in [0.2, 0.25) is 0 Å². The summed E-state index contributed by atoms with van der Waals surface area (Å²) in [5.74, 6) is -1.20. The lowest BCUT2D eigenvalue weighted by Gasteiger charge is -2.10. The quantitative estimate of drug-likeness (QED) is 0.644. The summed E-state index contributed by atoms with van der Waals surface area (Å²) in [4.78, 5) is 23.8. The number of rotatable bonds is 3. The van der Waals surface area contributed by atoms with Crippen LogP contribution in [-0.4, -0.2) is 35.6 Å². The number of benzene rings is 1. The number of halogens is 1. The molecule has 1 aromatic carbocycles. The van der Waals surface area contributed by atoms with E-state index in [1.54, 1.807) is 18.2 Å². The van der Waals surface area contributed by atoms with Crippen molar-refractivity contribution in [3.05, 3.63) is 28.4 Å². The molecular weight excluding hydrogens is 354 g/mol. The zero-order valence-electron chi connectivity index (χ0n) is 11.4. The topological polar surface area (TPSA) is 118 Å². The summed E-state index contributed by atoms with van der Waals surface area (Å²) in [6.07, 6.45) is -0.237. The van der Waals surface area contributed by atoms with Crippen LogP contribution in [0.15, 0.2) is 27.1 Å². The molecule has 1 saturated heterocycles. The summed E-state index contributed by atoms with van der Waals surface area (Å²) in [5, 5.41) is 15.6. The fourth-order valence-corrected chi connectivity index (χ4v) is 2.86. The predicted octanol–water partition coefficient (Wildman–Crippen LogP) is 0.955. The molecule has 2 unspecified atom stereocenters. The average molecular weight is 368 g/mol. The Morgan fingerprint density at radius 1 is 1.45 bits per heavy atom. The molecule has 1 fully saturated rings. The van der Waals surface area contributed by atoms with Crippen molar-refractivity contribution < 1.29 is 19.1 Å². The highest BCUT2D eigenvalue weighted by molar-refractivity contribution is 9.10. The number of nitrogens with one attached hydrogen (secondary N) is 2. The maximum absolute atomic E-state index is 12.3.